The van der Waals surface area contributed by atoms with Crippen LogP contribution in [0.25, 0.3) is 0 Å². The SMILES string of the molecule is CC1=C(C(=O)OC[C@@H]2CCCO2)[C@@H](c2ccc(C)o2)C2=C(C[C@@H](c3cccs3)CC2=O)N1. The van der Waals surface area contributed by atoms with E-state index in [9.17, 15) is 9.59 Å². The lowest BCUT2D eigenvalue weighted by molar-refractivity contribution is -0.142. The topological polar surface area (TPSA) is 77.8 Å². The fourth-order valence-electron chi connectivity index (χ4n) is 4.95. The number of furan rings is 1. The minimum absolute atomic E-state index is 0.0492. The zero-order chi connectivity index (χ0) is 22.2. The van der Waals surface area contributed by atoms with Gasteiger partial charge in [0, 0.05) is 40.8 Å². The van der Waals surface area contributed by atoms with E-state index in [4.69, 9.17) is 13.9 Å². The molecule has 4 heterocycles. The summed E-state index contributed by atoms with van der Waals surface area (Å²) in [6.07, 6.45) is 2.97. The van der Waals surface area contributed by atoms with Gasteiger partial charge in [0.1, 0.15) is 18.1 Å². The normalized spacial score (nSPS) is 25.7. The van der Waals surface area contributed by atoms with Crippen molar-refractivity contribution in [1.29, 1.82) is 0 Å². The number of allylic oxidation sites excluding steroid dienone is 3. The summed E-state index contributed by atoms with van der Waals surface area (Å²) >= 11 is 1.68. The molecular formula is C25H27NO5S. The van der Waals surface area contributed by atoms with Gasteiger partial charge in [-0.1, -0.05) is 6.07 Å². The maximum Gasteiger partial charge on any atom is 0.336 e. The van der Waals surface area contributed by atoms with Crippen molar-refractivity contribution in [3.63, 3.8) is 0 Å². The third-order valence-electron chi connectivity index (χ3n) is 6.46. The summed E-state index contributed by atoms with van der Waals surface area (Å²) in [7, 11) is 0. The molecule has 0 unspecified atom stereocenters. The molecule has 3 atom stereocenters. The molecule has 0 saturated carbocycles. The van der Waals surface area contributed by atoms with E-state index in [1.165, 1.54) is 4.88 Å². The van der Waals surface area contributed by atoms with Crippen molar-refractivity contribution < 1.29 is 23.5 Å². The number of Topliss-reactive ketones (excluding diaryl/α,β-unsaturated/α-hetero) is 1. The monoisotopic (exact) mass is 453 g/mol. The summed E-state index contributed by atoms with van der Waals surface area (Å²) in [6, 6.07) is 7.82. The second-order valence-corrected chi connectivity index (χ2v) is 9.69. The van der Waals surface area contributed by atoms with E-state index >= 15 is 0 Å². The first kappa shape index (κ1) is 21.2. The molecule has 0 spiro atoms. The molecule has 1 aliphatic carbocycles. The van der Waals surface area contributed by atoms with E-state index in [1.54, 1.807) is 11.3 Å². The molecule has 5 rings (SSSR count). The quantitative estimate of drug-likeness (QED) is 0.660. The summed E-state index contributed by atoms with van der Waals surface area (Å²) in [6.45, 7) is 4.66. The van der Waals surface area contributed by atoms with Crippen LogP contribution in [0.5, 0.6) is 0 Å². The predicted molar refractivity (Wildman–Crippen MR) is 120 cm³/mol. The van der Waals surface area contributed by atoms with Crippen molar-refractivity contribution in [3.8, 4) is 0 Å². The summed E-state index contributed by atoms with van der Waals surface area (Å²) in [4.78, 5) is 27.9. The Balaban J connectivity index is 1.48. The lowest BCUT2D eigenvalue weighted by atomic mass is 9.74. The Labute approximate surface area is 191 Å². The number of carbonyl (C=O) groups is 2. The Morgan fingerprint density at radius 2 is 2.12 bits per heavy atom. The highest BCUT2D eigenvalue weighted by molar-refractivity contribution is 7.10. The van der Waals surface area contributed by atoms with Gasteiger partial charge in [-0.15, -0.1) is 11.3 Å². The minimum Gasteiger partial charge on any atom is -0.465 e. The van der Waals surface area contributed by atoms with E-state index in [-0.39, 0.29) is 24.4 Å². The van der Waals surface area contributed by atoms with Gasteiger partial charge >= 0.3 is 5.97 Å². The molecule has 0 radical (unpaired) electrons. The molecule has 3 aliphatic rings. The number of esters is 1. The van der Waals surface area contributed by atoms with Gasteiger partial charge in [0.2, 0.25) is 0 Å². The molecule has 2 aromatic rings. The van der Waals surface area contributed by atoms with Gasteiger partial charge in [-0.2, -0.15) is 0 Å². The number of thiophene rings is 1. The van der Waals surface area contributed by atoms with Gasteiger partial charge in [-0.05, 0) is 56.7 Å². The second kappa shape index (κ2) is 8.71. The Bertz CT molecular complexity index is 1090. The zero-order valence-corrected chi connectivity index (χ0v) is 19.1. The lowest BCUT2D eigenvalue weighted by Gasteiger charge is -2.35. The molecule has 6 nitrogen and oxygen atoms in total. The number of carbonyl (C=O) groups excluding carboxylic acids is 2. The molecule has 0 aromatic carbocycles. The first-order valence-corrected chi connectivity index (χ1v) is 12.0. The highest BCUT2D eigenvalue weighted by Gasteiger charge is 2.43. The van der Waals surface area contributed by atoms with Gasteiger partial charge in [0.25, 0.3) is 0 Å². The van der Waals surface area contributed by atoms with Crippen molar-refractivity contribution in [2.45, 2.75) is 57.5 Å². The molecule has 7 heteroatoms. The lowest BCUT2D eigenvalue weighted by Crippen LogP contribution is -2.36. The maximum atomic E-state index is 13.4. The van der Waals surface area contributed by atoms with Crippen LogP contribution in [-0.2, 0) is 19.1 Å². The fourth-order valence-corrected chi connectivity index (χ4v) is 5.78. The van der Waals surface area contributed by atoms with Crippen LogP contribution < -0.4 is 5.32 Å². The molecule has 0 amide bonds. The smallest absolute Gasteiger partial charge is 0.336 e. The van der Waals surface area contributed by atoms with Gasteiger partial charge in [0.15, 0.2) is 5.78 Å². The van der Waals surface area contributed by atoms with E-state index in [2.05, 4.69) is 11.4 Å². The largest absolute Gasteiger partial charge is 0.465 e. The average molecular weight is 454 g/mol. The maximum absolute atomic E-state index is 13.4. The van der Waals surface area contributed by atoms with Gasteiger partial charge in [-0.3, -0.25) is 4.79 Å². The van der Waals surface area contributed by atoms with E-state index in [0.29, 0.717) is 35.6 Å². The van der Waals surface area contributed by atoms with Crippen LogP contribution in [0.1, 0.15) is 60.8 Å². The summed E-state index contributed by atoms with van der Waals surface area (Å²) in [5, 5.41) is 5.42. The van der Waals surface area contributed by atoms with Crippen LogP contribution in [-0.4, -0.2) is 31.1 Å². The van der Waals surface area contributed by atoms with Crippen molar-refractivity contribution in [3.05, 3.63) is 68.6 Å². The zero-order valence-electron chi connectivity index (χ0n) is 18.3. The average Bonchev–Trinajstić information content (AvgIpc) is 3.53. The summed E-state index contributed by atoms with van der Waals surface area (Å²) in [5.74, 6) is 0.549. The van der Waals surface area contributed by atoms with Crippen LogP contribution in [0.4, 0.5) is 0 Å². The molecule has 1 N–H and O–H groups in total. The number of aryl methyl sites for hydroxylation is 1. The second-order valence-electron chi connectivity index (χ2n) is 8.71. The molecule has 168 valence electrons. The van der Waals surface area contributed by atoms with Crippen LogP contribution in [0, 0.1) is 6.92 Å². The number of dihydropyridines is 1. The molecular weight excluding hydrogens is 426 g/mol. The third-order valence-corrected chi connectivity index (χ3v) is 7.50. The van der Waals surface area contributed by atoms with E-state index in [0.717, 1.165) is 30.7 Å². The molecule has 1 saturated heterocycles. The Morgan fingerprint density at radius 1 is 1.25 bits per heavy atom. The fraction of sp³-hybridized carbons (Fsp3) is 0.440. The number of rotatable bonds is 5. The van der Waals surface area contributed by atoms with Crippen molar-refractivity contribution in [2.75, 3.05) is 13.2 Å². The van der Waals surface area contributed by atoms with Gasteiger partial charge in [0.05, 0.1) is 17.6 Å². The highest BCUT2D eigenvalue weighted by atomic mass is 32.1. The molecule has 2 aromatic heterocycles. The summed E-state index contributed by atoms with van der Waals surface area (Å²) in [5.41, 5.74) is 2.66. The first-order chi connectivity index (χ1) is 15.5. The molecule has 0 bridgehead atoms. The van der Waals surface area contributed by atoms with Crippen molar-refractivity contribution in [1.82, 2.24) is 5.32 Å². The van der Waals surface area contributed by atoms with E-state index in [1.807, 2.05) is 37.4 Å². The Hall–Kier alpha value is -2.64. The van der Waals surface area contributed by atoms with Crippen LogP contribution in [0.15, 0.2) is 56.6 Å². The number of nitrogens with one attached hydrogen (secondary N) is 1. The number of hydrogen-bond acceptors (Lipinski definition) is 7. The number of hydrogen-bond donors (Lipinski definition) is 1. The van der Waals surface area contributed by atoms with Crippen molar-refractivity contribution >= 4 is 23.1 Å². The number of ether oxygens (including phenoxy) is 2. The van der Waals surface area contributed by atoms with Gasteiger partial charge in [-0.25, -0.2) is 4.79 Å². The van der Waals surface area contributed by atoms with Crippen LogP contribution in [0.2, 0.25) is 0 Å². The standard InChI is InChI=1S/C25H27NO5S/c1-14-7-8-20(31-14)24-22(25(28)30-13-17-5-3-9-29-17)15(2)26-18-11-16(12-19(27)23(18)24)21-6-4-10-32-21/h4,6-8,10,16-17,24,26H,3,5,9,11-13H2,1-2H3/t16-,17+,24-/m1/s1. The van der Waals surface area contributed by atoms with Gasteiger partial charge < -0.3 is 19.2 Å². The highest BCUT2D eigenvalue weighted by Crippen LogP contribution is 2.46. The predicted octanol–water partition coefficient (Wildman–Crippen LogP) is 4.73. The molecule has 2 aliphatic heterocycles. The van der Waals surface area contributed by atoms with Crippen LogP contribution >= 0.6 is 11.3 Å². The Kier molecular flexibility index (Phi) is 5.78. The number of ketones is 1. The van der Waals surface area contributed by atoms with Crippen molar-refractivity contribution in [2.24, 2.45) is 0 Å². The van der Waals surface area contributed by atoms with E-state index < -0.39 is 11.9 Å². The van der Waals surface area contributed by atoms with Crippen LogP contribution in [0.3, 0.4) is 0 Å². The minimum atomic E-state index is -0.561. The first-order valence-electron chi connectivity index (χ1n) is 11.1. The Morgan fingerprint density at radius 3 is 2.81 bits per heavy atom. The molecule has 32 heavy (non-hydrogen) atoms. The third kappa shape index (κ3) is 3.95. The summed E-state index contributed by atoms with van der Waals surface area (Å²) < 4.78 is 17.2. The molecule has 1 fully saturated rings.